The zero-order valence-electron chi connectivity index (χ0n) is 11.3. The molecule has 3 aliphatic rings. The first-order valence-electron chi connectivity index (χ1n) is 7.10. The molecule has 3 atom stereocenters. The number of nitrogens with zero attached hydrogens (tertiary/aromatic N) is 1. The molecule has 100 valence electrons. The van der Waals surface area contributed by atoms with Crippen molar-refractivity contribution in [1.29, 1.82) is 5.26 Å². The Balaban J connectivity index is 2.20. The first kappa shape index (κ1) is 12.6. The lowest BCUT2D eigenvalue weighted by Crippen LogP contribution is -2.38. The molecule has 0 aliphatic heterocycles. The minimum Gasteiger partial charge on any atom is -0.379 e. The molecule has 0 aromatic rings. The van der Waals surface area contributed by atoms with Gasteiger partial charge in [-0.05, 0) is 43.3 Å². The van der Waals surface area contributed by atoms with Gasteiger partial charge in [-0.3, -0.25) is 4.79 Å². The quantitative estimate of drug-likeness (QED) is 0.679. The molecule has 0 bridgehead atoms. The summed E-state index contributed by atoms with van der Waals surface area (Å²) in [6, 6.07) is 2.55. The second kappa shape index (κ2) is 4.61. The van der Waals surface area contributed by atoms with Crippen LogP contribution in [0.2, 0.25) is 0 Å². The lowest BCUT2D eigenvalue weighted by atomic mass is 9.67. The first-order chi connectivity index (χ1) is 9.24. The van der Waals surface area contributed by atoms with Crippen LogP contribution < -0.4 is 0 Å². The van der Waals surface area contributed by atoms with E-state index in [0.29, 0.717) is 12.8 Å². The number of carbonyl (C=O) groups excluding carboxylic acids is 1. The van der Waals surface area contributed by atoms with E-state index in [1.807, 2.05) is 0 Å². The summed E-state index contributed by atoms with van der Waals surface area (Å²) in [7, 11) is 1.69. The number of nitriles is 1. The number of Topliss-reactive ketones (excluding diaryl/α,β-unsaturated/α-hetero) is 1. The van der Waals surface area contributed by atoms with Gasteiger partial charge in [0.25, 0.3) is 0 Å². The summed E-state index contributed by atoms with van der Waals surface area (Å²) in [6.07, 6.45) is 9.14. The van der Waals surface area contributed by atoms with Crippen molar-refractivity contribution in [3.05, 3.63) is 23.3 Å². The minimum atomic E-state index is -0.590. The summed E-state index contributed by atoms with van der Waals surface area (Å²) < 4.78 is 5.61. The van der Waals surface area contributed by atoms with Gasteiger partial charge in [-0.1, -0.05) is 12.2 Å². The highest BCUT2D eigenvalue weighted by atomic mass is 16.5. The van der Waals surface area contributed by atoms with E-state index in [-0.39, 0.29) is 17.8 Å². The second-order valence-electron chi connectivity index (χ2n) is 5.76. The Hall–Kier alpha value is -1.40. The maximum atomic E-state index is 12.2. The van der Waals surface area contributed by atoms with Crippen LogP contribution >= 0.6 is 0 Å². The van der Waals surface area contributed by atoms with E-state index >= 15 is 0 Å². The van der Waals surface area contributed by atoms with E-state index in [1.54, 1.807) is 7.11 Å². The smallest absolute Gasteiger partial charge is 0.159 e. The van der Waals surface area contributed by atoms with Gasteiger partial charge in [-0.25, -0.2) is 0 Å². The summed E-state index contributed by atoms with van der Waals surface area (Å²) in [5, 5.41) is 9.89. The van der Waals surface area contributed by atoms with Gasteiger partial charge >= 0.3 is 0 Å². The molecule has 3 rings (SSSR count). The molecule has 0 amide bonds. The summed E-state index contributed by atoms with van der Waals surface area (Å²) >= 11 is 0. The summed E-state index contributed by atoms with van der Waals surface area (Å²) in [5.74, 6) is 0.448. The zero-order chi connectivity index (χ0) is 13.5. The summed E-state index contributed by atoms with van der Waals surface area (Å²) in [5.41, 5.74) is 1.40. The molecule has 1 unspecified atom stereocenters. The number of methoxy groups -OCH3 is 1. The van der Waals surface area contributed by atoms with Crippen LogP contribution in [-0.2, 0) is 9.53 Å². The van der Waals surface area contributed by atoms with E-state index < -0.39 is 5.41 Å². The topological polar surface area (TPSA) is 50.1 Å². The molecule has 0 saturated heterocycles. The zero-order valence-corrected chi connectivity index (χ0v) is 11.3. The SMILES string of the molecule is COC1CC[C@@H]2C=CCC3=C(CCCC3=O)[C@]12C#N. The van der Waals surface area contributed by atoms with Gasteiger partial charge < -0.3 is 4.74 Å². The van der Waals surface area contributed by atoms with Crippen molar-refractivity contribution < 1.29 is 9.53 Å². The summed E-state index contributed by atoms with van der Waals surface area (Å²) in [4.78, 5) is 12.2. The average Bonchev–Trinajstić information content (AvgIpc) is 2.70. The van der Waals surface area contributed by atoms with Crippen molar-refractivity contribution in [2.24, 2.45) is 11.3 Å². The van der Waals surface area contributed by atoms with Crippen LogP contribution in [0.3, 0.4) is 0 Å². The Bertz CT molecular complexity index is 511. The van der Waals surface area contributed by atoms with Gasteiger partial charge in [-0.15, -0.1) is 0 Å². The van der Waals surface area contributed by atoms with Gasteiger partial charge in [-0.2, -0.15) is 5.26 Å². The third kappa shape index (κ3) is 1.63. The number of allylic oxidation sites excluding steroid dienone is 3. The van der Waals surface area contributed by atoms with Gasteiger partial charge in [0.2, 0.25) is 0 Å². The number of fused-ring (bicyclic) bond motifs is 2. The third-order valence-electron chi connectivity index (χ3n) is 5.02. The van der Waals surface area contributed by atoms with Crippen LogP contribution in [0.5, 0.6) is 0 Å². The Morgan fingerprint density at radius 2 is 2.26 bits per heavy atom. The molecule has 0 N–H and O–H groups in total. The molecule has 0 aromatic carbocycles. The molecular weight excluding hydrogens is 238 g/mol. The van der Waals surface area contributed by atoms with Crippen molar-refractivity contribution in [2.75, 3.05) is 7.11 Å². The molecule has 0 radical (unpaired) electrons. The fraction of sp³-hybridized carbons (Fsp3) is 0.625. The highest BCUT2D eigenvalue weighted by Crippen LogP contribution is 2.55. The number of hydrogen-bond acceptors (Lipinski definition) is 3. The monoisotopic (exact) mass is 257 g/mol. The molecule has 1 saturated carbocycles. The van der Waals surface area contributed by atoms with E-state index in [2.05, 4.69) is 18.2 Å². The second-order valence-corrected chi connectivity index (χ2v) is 5.76. The molecule has 0 heterocycles. The van der Waals surface area contributed by atoms with Crippen molar-refractivity contribution in [1.82, 2.24) is 0 Å². The van der Waals surface area contributed by atoms with Crippen LogP contribution in [0.1, 0.15) is 38.5 Å². The predicted octanol–water partition coefficient (Wildman–Crippen LogP) is 2.93. The first-order valence-corrected chi connectivity index (χ1v) is 7.10. The highest BCUT2D eigenvalue weighted by molar-refractivity contribution is 5.97. The Kier molecular flexibility index (Phi) is 3.06. The highest BCUT2D eigenvalue weighted by Gasteiger charge is 2.54. The number of ether oxygens (including phenoxy) is 1. The van der Waals surface area contributed by atoms with Crippen LogP contribution in [0.25, 0.3) is 0 Å². The van der Waals surface area contributed by atoms with Gasteiger partial charge in [0.1, 0.15) is 5.41 Å². The molecule has 3 nitrogen and oxygen atoms in total. The number of rotatable bonds is 1. The molecule has 3 heteroatoms. The van der Waals surface area contributed by atoms with Gasteiger partial charge in [0, 0.05) is 19.4 Å². The molecule has 3 aliphatic carbocycles. The lowest BCUT2D eigenvalue weighted by Gasteiger charge is -2.36. The van der Waals surface area contributed by atoms with Gasteiger partial charge in [0.15, 0.2) is 5.78 Å². The maximum Gasteiger partial charge on any atom is 0.159 e. The Morgan fingerprint density at radius 1 is 1.42 bits per heavy atom. The van der Waals surface area contributed by atoms with Crippen molar-refractivity contribution in [2.45, 2.75) is 44.6 Å². The summed E-state index contributed by atoms with van der Waals surface area (Å²) in [6.45, 7) is 0. The Labute approximate surface area is 113 Å². The van der Waals surface area contributed by atoms with Crippen molar-refractivity contribution >= 4 is 5.78 Å². The molecule has 1 fully saturated rings. The molecular formula is C16H19NO2. The standard InChI is InChI=1S/C16H19NO2/c1-19-15-9-8-11-4-2-5-12-13(16(11,15)10-17)6-3-7-14(12)18/h2,4,11,15H,3,5-9H2,1H3/t11-,15?,16+/m0/s1. The third-order valence-corrected chi connectivity index (χ3v) is 5.02. The maximum absolute atomic E-state index is 12.2. The van der Waals surface area contributed by atoms with Crippen LogP contribution in [0, 0.1) is 22.7 Å². The van der Waals surface area contributed by atoms with Crippen LogP contribution in [0.15, 0.2) is 23.3 Å². The predicted molar refractivity (Wildman–Crippen MR) is 71.2 cm³/mol. The van der Waals surface area contributed by atoms with E-state index in [9.17, 15) is 10.1 Å². The van der Waals surface area contributed by atoms with Crippen LogP contribution in [-0.4, -0.2) is 19.0 Å². The molecule has 0 aromatic heterocycles. The van der Waals surface area contributed by atoms with Gasteiger partial charge in [0.05, 0.1) is 12.2 Å². The number of ketones is 1. The number of carbonyl (C=O) groups is 1. The number of hydrogen-bond donors (Lipinski definition) is 0. The fourth-order valence-electron chi connectivity index (χ4n) is 4.16. The van der Waals surface area contributed by atoms with Crippen molar-refractivity contribution in [3.63, 3.8) is 0 Å². The minimum absolute atomic E-state index is 0.0684. The lowest BCUT2D eigenvalue weighted by molar-refractivity contribution is -0.116. The molecule has 19 heavy (non-hydrogen) atoms. The van der Waals surface area contributed by atoms with E-state index in [1.165, 1.54) is 0 Å². The largest absolute Gasteiger partial charge is 0.379 e. The molecule has 0 spiro atoms. The average molecular weight is 257 g/mol. The van der Waals surface area contributed by atoms with E-state index in [4.69, 9.17) is 4.74 Å². The normalized spacial score (nSPS) is 37.6. The Morgan fingerprint density at radius 3 is 3.00 bits per heavy atom. The van der Waals surface area contributed by atoms with Crippen molar-refractivity contribution in [3.8, 4) is 6.07 Å². The fourth-order valence-corrected chi connectivity index (χ4v) is 4.16. The van der Waals surface area contributed by atoms with E-state index in [0.717, 1.165) is 36.8 Å². The van der Waals surface area contributed by atoms with Crippen LogP contribution in [0.4, 0.5) is 0 Å².